The summed E-state index contributed by atoms with van der Waals surface area (Å²) >= 11 is 3.78. The largest absolute Gasteiger partial charge is 0.480 e. The van der Waals surface area contributed by atoms with Gasteiger partial charge in [0.2, 0.25) is 0 Å². The van der Waals surface area contributed by atoms with Crippen molar-refractivity contribution in [2.24, 2.45) is 5.41 Å². The van der Waals surface area contributed by atoms with E-state index in [9.17, 15) is 9.59 Å². The van der Waals surface area contributed by atoms with Gasteiger partial charge < -0.3 is 5.11 Å². The molecule has 0 aliphatic heterocycles. The van der Waals surface area contributed by atoms with Crippen LogP contribution in [-0.2, 0) is 9.59 Å². The first-order valence-corrected chi connectivity index (χ1v) is 3.43. The molecule has 0 aromatic heterocycles. The third-order valence-corrected chi connectivity index (χ3v) is 2.20. The van der Waals surface area contributed by atoms with E-state index in [-0.39, 0.29) is 11.5 Å². The summed E-state index contributed by atoms with van der Waals surface area (Å²) in [7, 11) is 0. The van der Waals surface area contributed by atoms with Crippen molar-refractivity contribution in [1.29, 1.82) is 0 Å². The van der Waals surface area contributed by atoms with Crippen LogP contribution in [0, 0.1) is 5.41 Å². The van der Waals surface area contributed by atoms with Crippen molar-refractivity contribution < 1.29 is 14.7 Å². The number of hydrogen-bond donors (Lipinski definition) is 2. The number of carbonyl (C=O) groups excluding carboxylic acids is 1. The standard InChI is InChI=1S/C6H10O3S/c1-4(7)6(2,3-10)5(8)9/h10H,3H2,1-2H3,(H,8,9)/t6-/m0/s1. The van der Waals surface area contributed by atoms with Crippen molar-refractivity contribution in [2.75, 3.05) is 5.75 Å². The van der Waals surface area contributed by atoms with Crippen LogP contribution < -0.4 is 0 Å². The van der Waals surface area contributed by atoms with E-state index in [4.69, 9.17) is 5.11 Å². The van der Waals surface area contributed by atoms with Crippen LogP contribution >= 0.6 is 12.6 Å². The molecule has 0 aromatic rings. The van der Waals surface area contributed by atoms with Crippen LogP contribution in [0.25, 0.3) is 0 Å². The Hall–Kier alpha value is -0.510. The highest BCUT2D eigenvalue weighted by atomic mass is 32.1. The van der Waals surface area contributed by atoms with Crippen molar-refractivity contribution in [3.05, 3.63) is 0 Å². The number of Topliss-reactive ketones (excluding diaryl/α,β-unsaturated/α-hetero) is 1. The van der Waals surface area contributed by atoms with Gasteiger partial charge in [-0.15, -0.1) is 0 Å². The molecular weight excluding hydrogens is 152 g/mol. The Morgan fingerprint density at radius 3 is 2.00 bits per heavy atom. The van der Waals surface area contributed by atoms with Crippen molar-refractivity contribution >= 4 is 24.4 Å². The maximum absolute atomic E-state index is 10.7. The van der Waals surface area contributed by atoms with Gasteiger partial charge >= 0.3 is 5.97 Å². The van der Waals surface area contributed by atoms with Crippen molar-refractivity contribution in [3.8, 4) is 0 Å². The minimum Gasteiger partial charge on any atom is -0.480 e. The Bertz CT molecular complexity index is 150. The summed E-state index contributed by atoms with van der Waals surface area (Å²) in [6.45, 7) is 2.62. The van der Waals surface area contributed by atoms with Crippen LogP contribution in [0.2, 0.25) is 0 Å². The fraction of sp³-hybridized carbons (Fsp3) is 0.667. The second-order valence-electron chi connectivity index (χ2n) is 2.35. The van der Waals surface area contributed by atoms with Crippen LogP contribution in [0.3, 0.4) is 0 Å². The summed E-state index contributed by atoms with van der Waals surface area (Å²) in [4.78, 5) is 21.1. The van der Waals surface area contributed by atoms with Gasteiger partial charge in [0.1, 0.15) is 11.2 Å². The van der Waals surface area contributed by atoms with Crippen molar-refractivity contribution in [3.63, 3.8) is 0 Å². The lowest BCUT2D eigenvalue weighted by Gasteiger charge is -2.17. The van der Waals surface area contributed by atoms with Gasteiger partial charge in [0.05, 0.1) is 0 Å². The molecule has 10 heavy (non-hydrogen) atoms. The first-order valence-electron chi connectivity index (χ1n) is 2.80. The molecule has 0 aliphatic carbocycles. The molecule has 0 bridgehead atoms. The average Bonchev–Trinajstić information content (AvgIpc) is 1.85. The minimum absolute atomic E-state index is 0.0394. The van der Waals surface area contributed by atoms with E-state index in [1.807, 2.05) is 0 Å². The lowest BCUT2D eigenvalue weighted by Crippen LogP contribution is -2.36. The number of hydrogen-bond acceptors (Lipinski definition) is 3. The maximum atomic E-state index is 10.7. The summed E-state index contributed by atoms with van der Waals surface area (Å²) in [6, 6.07) is 0. The Kier molecular flexibility index (Phi) is 2.90. The van der Waals surface area contributed by atoms with E-state index in [0.29, 0.717) is 0 Å². The van der Waals surface area contributed by atoms with Gasteiger partial charge in [-0.2, -0.15) is 12.6 Å². The molecule has 58 valence electrons. The highest BCUT2D eigenvalue weighted by Gasteiger charge is 2.36. The molecule has 0 heterocycles. The van der Waals surface area contributed by atoms with E-state index in [2.05, 4.69) is 12.6 Å². The average molecular weight is 162 g/mol. The molecule has 0 fully saturated rings. The molecule has 0 saturated carbocycles. The third kappa shape index (κ3) is 1.50. The first-order chi connectivity index (χ1) is 4.45. The molecule has 0 amide bonds. The molecule has 4 heteroatoms. The summed E-state index contributed by atoms with van der Waals surface area (Å²) in [5.74, 6) is -1.44. The minimum atomic E-state index is -1.32. The van der Waals surface area contributed by atoms with Crippen LogP contribution in [0.4, 0.5) is 0 Å². The zero-order valence-corrected chi connectivity index (χ0v) is 6.81. The molecular formula is C6H10O3S. The molecule has 0 spiro atoms. The predicted octanol–water partition coefficient (Wildman–Crippen LogP) is 0.596. The van der Waals surface area contributed by atoms with Crippen LogP contribution in [0.15, 0.2) is 0 Å². The van der Waals surface area contributed by atoms with E-state index in [1.165, 1.54) is 13.8 Å². The zero-order valence-electron chi connectivity index (χ0n) is 5.92. The lowest BCUT2D eigenvalue weighted by atomic mass is 9.89. The molecule has 0 rings (SSSR count). The Balaban J connectivity index is 4.55. The molecule has 1 N–H and O–H groups in total. The Morgan fingerprint density at radius 1 is 1.60 bits per heavy atom. The van der Waals surface area contributed by atoms with Gasteiger partial charge in [0.15, 0.2) is 0 Å². The van der Waals surface area contributed by atoms with Crippen LogP contribution in [0.1, 0.15) is 13.8 Å². The number of aliphatic carboxylic acids is 1. The Morgan fingerprint density at radius 2 is 2.00 bits per heavy atom. The molecule has 0 saturated heterocycles. The number of carboxylic acid groups (broad SMARTS) is 1. The van der Waals surface area contributed by atoms with Gasteiger partial charge in [-0.05, 0) is 13.8 Å². The molecule has 1 atom stereocenters. The van der Waals surface area contributed by atoms with Crippen LogP contribution in [0.5, 0.6) is 0 Å². The summed E-state index contributed by atoms with van der Waals surface area (Å²) < 4.78 is 0. The van der Waals surface area contributed by atoms with Gasteiger partial charge in [0.25, 0.3) is 0 Å². The topological polar surface area (TPSA) is 54.4 Å². The molecule has 0 aliphatic rings. The van der Waals surface area contributed by atoms with E-state index >= 15 is 0 Å². The van der Waals surface area contributed by atoms with Crippen LogP contribution in [-0.4, -0.2) is 22.6 Å². The molecule has 0 radical (unpaired) electrons. The van der Waals surface area contributed by atoms with Gasteiger partial charge in [-0.25, -0.2) is 0 Å². The predicted molar refractivity (Wildman–Crippen MR) is 40.3 cm³/mol. The van der Waals surface area contributed by atoms with Gasteiger partial charge in [-0.3, -0.25) is 9.59 Å². The Labute approximate surface area is 64.8 Å². The lowest BCUT2D eigenvalue weighted by molar-refractivity contribution is -0.151. The highest BCUT2D eigenvalue weighted by Crippen LogP contribution is 2.19. The summed E-state index contributed by atoms with van der Waals surface area (Å²) in [6.07, 6.45) is 0. The number of carboxylic acids is 1. The number of rotatable bonds is 3. The SMILES string of the molecule is CC(=O)[C@](C)(CS)C(=O)O. The highest BCUT2D eigenvalue weighted by molar-refractivity contribution is 7.80. The van der Waals surface area contributed by atoms with E-state index in [1.54, 1.807) is 0 Å². The number of ketones is 1. The normalized spacial score (nSPS) is 15.9. The van der Waals surface area contributed by atoms with Crippen molar-refractivity contribution in [1.82, 2.24) is 0 Å². The third-order valence-electron chi connectivity index (χ3n) is 1.57. The smallest absolute Gasteiger partial charge is 0.317 e. The molecule has 3 nitrogen and oxygen atoms in total. The fourth-order valence-corrected chi connectivity index (χ4v) is 0.687. The maximum Gasteiger partial charge on any atom is 0.317 e. The quantitative estimate of drug-likeness (QED) is 0.472. The first kappa shape index (κ1) is 9.49. The molecule has 0 aromatic carbocycles. The number of thiol groups is 1. The van der Waals surface area contributed by atoms with E-state index < -0.39 is 11.4 Å². The summed E-state index contributed by atoms with van der Waals surface area (Å²) in [5, 5.41) is 8.53. The van der Waals surface area contributed by atoms with Crippen molar-refractivity contribution in [2.45, 2.75) is 13.8 Å². The second kappa shape index (κ2) is 3.05. The number of carbonyl (C=O) groups is 2. The second-order valence-corrected chi connectivity index (χ2v) is 2.67. The van der Waals surface area contributed by atoms with Gasteiger partial charge in [-0.1, -0.05) is 0 Å². The van der Waals surface area contributed by atoms with Gasteiger partial charge in [0, 0.05) is 5.75 Å². The monoisotopic (exact) mass is 162 g/mol. The molecule has 0 unspecified atom stereocenters. The fourth-order valence-electron chi connectivity index (χ4n) is 0.330. The zero-order chi connectivity index (χ0) is 8.36. The van der Waals surface area contributed by atoms with E-state index in [0.717, 1.165) is 0 Å². The summed E-state index contributed by atoms with van der Waals surface area (Å²) in [5.41, 5.74) is -1.32.